The summed E-state index contributed by atoms with van der Waals surface area (Å²) in [5.74, 6) is 0.200. The third-order valence-electron chi connectivity index (χ3n) is 2.43. The number of nitrogens with two attached hydrogens (primary N) is 1. The molecule has 2 aromatic rings. The first kappa shape index (κ1) is 12.7. The summed E-state index contributed by atoms with van der Waals surface area (Å²) in [6.07, 6.45) is -4.43. The molecule has 0 bridgehead atoms. The molecule has 0 fully saturated rings. The lowest BCUT2D eigenvalue weighted by molar-refractivity contribution is -0.137. The van der Waals surface area contributed by atoms with E-state index < -0.39 is 11.7 Å². The lowest BCUT2D eigenvalue weighted by Gasteiger charge is -2.10. The van der Waals surface area contributed by atoms with Crippen molar-refractivity contribution in [3.05, 3.63) is 34.5 Å². The average Bonchev–Trinajstić information content (AvgIpc) is 2.59. The number of aromatic nitrogens is 3. The molecule has 96 valence electrons. The first-order valence-corrected chi connectivity index (χ1v) is 5.23. The Hall–Kier alpha value is -1.76. The molecule has 4 nitrogen and oxygen atoms in total. The summed E-state index contributed by atoms with van der Waals surface area (Å²) in [4.78, 5) is 0. The molecule has 0 atom stereocenters. The van der Waals surface area contributed by atoms with E-state index in [0.717, 1.165) is 12.1 Å². The number of hydrogen-bond acceptors (Lipinski definition) is 3. The van der Waals surface area contributed by atoms with Crippen LogP contribution < -0.4 is 5.73 Å². The van der Waals surface area contributed by atoms with Gasteiger partial charge in [0.1, 0.15) is 0 Å². The Balaban J connectivity index is 2.52. The van der Waals surface area contributed by atoms with E-state index in [4.69, 9.17) is 17.3 Å². The van der Waals surface area contributed by atoms with E-state index in [2.05, 4.69) is 10.3 Å². The summed E-state index contributed by atoms with van der Waals surface area (Å²) in [6, 6.07) is 3.00. The van der Waals surface area contributed by atoms with Crippen LogP contribution in [0, 0.1) is 6.92 Å². The van der Waals surface area contributed by atoms with Crippen molar-refractivity contribution in [3.63, 3.8) is 0 Å². The van der Waals surface area contributed by atoms with Crippen LogP contribution in [0.15, 0.2) is 18.2 Å². The van der Waals surface area contributed by atoms with Crippen LogP contribution in [0.5, 0.6) is 0 Å². The third kappa shape index (κ3) is 2.13. The molecule has 2 rings (SSSR count). The Kier molecular flexibility index (Phi) is 2.94. The van der Waals surface area contributed by atoms with Crippen molar-refractivity contribution in [2.45, 2.75) is 13.1 Å². The van der Waals surface area contributed by atoms with Gasteiger partial charge in [0, 0.05) is 0 Å². The highest BCUT2D eigenvalue weighted by Crippen LogP contribution is 2.33. The summed E-state index contributed by atoms with van der Waals surface area (Å²) >= 11 is 5.82. The van der Waals surface area contributed by atoms with Gasteiger partial charge in [-0.3, -0.25) is 0 Å². The highest BCUT2D eigenvalue weighted by atomic mass is 35.5. The topological polar surface area (TPSA) is 56.7 Å². The van der Waals surface area contributed by atoms with Crippen LogP contribution in [0.1, 0.15) is 11.3 Å². The van der Waals surface area contributed by atoms with Crippen molar-refractivity contribution in [2.75, 3.05) is 5.73 Å². The zero-order valence-corrected chi connectivity index (χ0v) is 9.92. The second kappa shape index (κ2) is 4.16. The number of anilines is 1. The van der Waals surface area contributed by atoms with Crippen LogP contribution in [0.3, 0.4) is 0 Å². The van der Waals surface area contributed by atoms with Gasteiger partial charge in [0.05, 0.1) is 22.0 Å². The van der Waals surface area contributed by atoms with Crippen molar-refractivity contribution >= 4 is 17.4 Å². The number of nitrogens with zero attached hydrogens (tertiary/aromatic N) is 3. The zero-order chi connectivity index (χ0) is 13.5. The summed E-state index contributed by atoms with van der Waals surface area (Å²) in [7, 11) is 0. The minimum atomic E-state index is -4.43. The van der Waals surface area contributed by atoms with Crippen molar-refractivity contribution in [1.29, 1.82) is 0 Å². The van der Waals surface area contributed by atoms with Crippen LogP contribution in [0.4, 0.5) is 19.0 Å². The van der Waals surface area contributed by atoms with Crippen molar-refractivity contribution in [3.8, 4) is 5.69 Å². The van der Waals surface area contributed by atoms with Gasteiger partial charge in [-0.2, -0.15) is 13.2 Å². The molecule has 0 unspecified atom stereocenters. The van der Waals surface area contributed by atoms with E-state index in [0.29, 0.717) is 11.4 Å². The smallest absolute Gasteiger partial charge is 0.381 e. The van der Waals surface area contributed by atoms with Crippen LogP contribution in [0.25, 0.3) is 5.69 Å². The van der Waals surface area contributed by atoms with E-state index in [-0.39, 0.29) is 10.8 Å². The SMILES string of the molecule is Cc1c(N)nnn1-c1ccc(C(F)(F)F)cc1Cl. The second-order valence-electron chi connectivity index (χ2n) is 3.64. The maximum atomic E-state index is 12.5. The number of alkyl halides is 3. The molecule has 8 heteroatoms. The molecular formula is C10H8ClF3N4. The fourth-order valence-electron chi connectivity index (χ4n) is 1.42. The monoisotopic (exact) mass is 276 g/mol. The van der Waals surface area contributed by atoms with Crippen LogP contribution >= 0.6 is 11.6 Å². The normalized spacial score (nSPS) is 11.8. The van der Waals surface area contributed by atoms with Crippen LogP contribution in [-0.2, 0) is 6.18 Å². The Labute approximate surface area is 105 Å². The van der Waals surface area contributed by atoms with Crippen LogP contribution in [-0.4, -0.2) is 15.0 Å². The van der Waals surface area contributed by atoms with E-state index in [1.54, 1.807) is 6.92 Å². The molecule has 1 aromatic heterocycles. The number of rotatable bonds is 1. The molecule has 18 heavy (non-hydrogen) atoms. The Morgan fingerprint density at radius 1 is 1.33 bits per heavy atom. The summed E-state index contributed by atoms with van der Waals surface area (Å²) in [5.41, 5.74) is 5.50. The van der Waals surface area contributed by atoms with E-state index in [1.807, 2.05) is 0 Å². The van der Waals surface area contributed by atoms with Gasteiger partial charge in [-0.15, -0.1) is 5.10 Å². The molecule has 0 saturated carbocycles. The lowest BCUT2D eigenvalue weighted by Crippen LogP contribution is -2.07. The Morgan fingerprint density at radius 3 is 2.44 bits per heavy atom. The summed E-state index contributed by atoms with van der Waals surface area (Å²) < 4.78 is 38.7. The van der Waals surface area contributed by atoms with Crippen LogP contribution in [0.2, 0.25) is 5.02 Å². The highest BCUT2D eigenvalue weighted by Gasteiger charge is 2.31. The van der Waals surface area contributed by atoms with Gasteiger partial charge in [-0.05, 0) is 25.1 Å². The molecular weight excluding hydrogens is 269 g/mol. The summed E-state index contributed by atoms with van der Waals surface area (Å²) in [5, 5.41) is 7.26. The molecule has 0 radical (unpaired) electrons. The van der Waals surface area contributed by atoms with Gasteiger partial charge in [0.2, 0.25) is 0 Å². The van der Waals surface area contributed by atoms with Crippen molar-refractivity contribution in [1.82, 2.24) is 15.0 Å². The maximum Gasteiger partial charge on any atom is 0.416 e. The third-order valence-corrected chi connectivity index (χ3v) is 2.74. The molecule has 1 heterocycles. The summed E-state index contributed by atoms with van der Waals surface area (Å²) in [6.45, 7) is 1.64. The quantitative estimate of drug-likeness (QED) is 0.871. The van der Waals surface area contributed by atoms with E-state index in [1.165, 1.54) is 10.7 Å². The minimum absolute atomic E-state index is 0.0715. The fourth-order valence-corrected chi connectivity index (χ4v) is 1.69. The van der Waals surface area contributed by atoms with Gasteiger partial charge in [0.15, 0.2) is 5.82 Å². The molecule has 0 saturated heterocycles. The first-order chi connectivity index (χ1) is 8.30. The molecule has 0 spiro atoms. The number of nitrogen functional groups attached to an aromatic ring is 1. The van der Waals surface area contributed by atoms with Gasteiger partial charge in [0.25, 0.3) is 0 Å². The maximum absolute atomic E-state index is 12.5. The van der Waals surface area contributed by atoms with Gasteiger partial charge in [-0.25, -0.2) is 4.68 Å². The van der Waals surface area contributed by atoms with Crippen molar-refractivity contribution < 1.29 is 13.2 Å². The van der Waals surface area contributed by atoms with E-state index in [9.17, 15) is 13.2 Å². The molecule has 0 amide bonds. The number of benzene rings is 1. The Morgan fingerprint density at radius 2 is 2.00 bits per heavy atom. The van der Waals surface area contributed by atoms with Gasteiger partial charge < -0.3 is 5.73 Å². The minimum Gasteiger partial charge on any atom is -0.381 e. The van der Waals surface area contributed by atoms with E-state index >= 15 is 0 Å². The number of hydrogen-bond donors (Lipinski definition) is 1. The molecule has 0 aliphatic carbocycles. The average molecular weight is 277 g/mol. The fraction of sp³-hybridized carbons (Fsp3) is 0.200. The first-order valence-electron chi connectivity index (χ1n) is 4.85. The van der Waals surface area contributed by atoms with Gasteiger partial charge >= 0.3 is 6.18 Å². The largest absolute Gasteiger partial charge is 0.416 e. The predicted molar refractivity (Wildman–Crippen MR) is 60.5 cm³/mol. The molecule has 1 aromatic carbocycles. The lowest BCUT2D eigenvalue weighted by atomic mass is 10.2. The Bertz CT molecular complexity index is 591. The molecule has 2 N–H and O–H groups in total. The predicted octanol–water partition coefficient (Wildman–Crippen LogP) is 2.83. The standard InChI is InChI=1S/C10H8ClF3N4/c1-5-9(15)16-17-18(5)8-3-2-6(4-7(8)11)10(12,13)14/h2-4H,15H2,1H3. The second-order valence-corrected chi connectivity index (χ2v) is 4.04. The highest BCUT2D eigenvalue weighted by molar-refractivity contribution is 6.32. The molecule has 0 aliphatic rings. The molecule has 0 aliphatic heterocycles. The van der Waals surface area contributed by atoms with Crippen molar-refractivity contribution in [2.24, 2.45) is 0 Å². The van der Waals surface area contributed by atoms with Gasteiger partial charge in [-0.1, -0.05) is 16.8 Å². The zero-order valence-electron chi connectivity index (χ0n) is 9.16. The number of halogens is 4.